The normalized spacial score (nSPS) is 11.5. The number of rotatable bonds is 4. The summed E-state index contributed by atoms with van der Waals surface area (Å²) in [6.07, 6.45) is -3.18. The molecule has 0 aliphatic rings. The molecule has 1 aromatic carbocycles. The van der Waals surface area contributed by atoms with Gasteiger partial charge in [0, 0.05) is 25.2 Å². The maximum atomic E-state index is 13.7. The molecule has 0 saturated carbocycles. The van der Waals surface area contributed by atoms with Crippen molar-refractivity contribution >= 4 is 11.8 Å². The summed E-state index contributed by atoms with van der Waals surface area (Å²) in [6.45, 7) is 0. The van der Waals surface area contributed by atoms with Crippen molar-refractivity contribution in [2.75, 3.05) is 25.2 Å². The number of hydrogen-bond donors (Lipinski definition) is 2. The molecule has 11 heteroatoms. The molecule has 0 radical (unpaired) electrons. The molecule has 3 rings (SSSR count). The van der Waals surface area contributed by atoms with E-state index in [9.17, 15) is 13.2 Å². The zero-order valence-electron chi connectivity index (χ0n) is 14.7. The van der Waals surface area contributed by atoms with Crippen LogP contribution in [0.15, 0.2) is 24.5 Å². The van der Waals surface area contributed by atoms with Crippen LogP contribution < -0.4 is 15.8 Å². The van der Waals surface area contributed by atoms with Crippen molar-refractivity contribution in [1.82, 2.24) is 24.7 Å². The number of nitrogen functional groups attached to an aromatic ring is 1. The maximum Gasteiger partial charge on any atom is 0.422 e. The summed E-state index contributed by atoms with van der Waals surface area (Å²) in [6, 6.07) is 4.65. The molecule has 0 unspecified atom stereocenters. The molecule has 27 heavy (non-hydrogen) atoms. The summed E-state index contributed by atoms with van der Waals surface area (Å²) >= 11 is 0. The largest absolute Gasteiger partial charge is 0.496 e. The second-order valence-corrected chi connectivity index (χ2v) is 5.58. The Labute approximate surface area is 152 Å². The Balaban J connectivity index is 2.25. The number of benzene rings is 1. The lowest BCUT2D eigenvalue weighted by molar-refractivity contribution is -0.136. The third-order valence-corrected chi connectivity index (χ3v) is 3.87. The van der Waals surface area contributed by atoms with Gasteiger partial charge < -0.3 is 20.4 Å². The first kappa shape index (κ1) is 18.4. The number of anilines is 2. The second-order valence-electron chi connectivity index (χ2n) is 5.58. The van der Waals surface area contributed by atoms with Crippen molar-refractivity contribution in [3.05, 3.63) is 30.1 Å². The summed E-state index contributed by atoms with van der Waals surface area (Å²) in [4.78, 5) is 7.47. The fraction of sp³-hybridized carbons (Fsp3) is 0.250. The molecular formula is C16H16F3N7O. The highest BCUT2D eigenvalue weighted by Gasteiger charge is 2.39. The predicted molar refractivity (Wildman–Crippen MR) is 93.0 cm³/mol. The van der Waals surface area contributed by atoms with E-state index in [-0.39, 0.29) is 23.0 Å². The SMILES string of the molecule is CNc1nc(N)nc(-c2ccc(-c3nncn3C)cc2OC)c1C(F)(F)F. The molecule has 0 aliphatic carbocycles. The third-order valence-electron chi connectivity index (χ3n) is 3.87. The van der Waals surface area contributed by atoms with Crippen molar-refractivity contribution in [1.29, 1.82) is 0 Å². The lowest BCUT2D eigenvalue weighted by Gasteiger charge is -2.18. The van der Waals surface area contributed by atoms with E-state index in [4.69, 9.17) is 10.5 Å². The number of alkyl halides is 3. The van der Waals surface area contributed by atoms with E-state index in [1.165, 1.54) is 26.6 Å². The maximum absolute atomic E-state index is 13.7. The van der Waals surface area contributed by atoms with E-state index in [2.05, 4.69) is 25.5 Å². The minimum Gasteiger partial charge on any atom is -0.496 e. The molecule has 0 amide bonds. The third kappa shape index (κ3) is 3.35. The molecule has 2 heterocycles. The zero-order chi connectivity index (χ0) is 19.8. The average molecular weight is 379 g/mol. The van der Waals surface area contributed by atoms with Gasteiger partial charge in [0.15, 0.2) is 5.82 Å². The van der Waals surface area contributed by atoms with Crippen molar-refractivity contribution in [3.63, 3.8) is 0 Å². The van der Waals surface area contributed by atoms with Gasteiger partial charge in [0.05, 0.1) is 12.8 Å². The van der Waals surface area contributed by atoms with Crippen LogP contribution in [0.4, 0.5) is 24.9 Å². The topological polar surface area (TPSA) is 104 Å². The predicted octanol–water partition coefficient (Wildman–Crippen LogP) is 2.59. The Morgan fingerprint density at radius 1 is 1.22 bits per heavy atom. The summed E-state index contributed by atoms with van der Waals surface area (Å²) in [5, 5.41) is 10.2. The van der Waals surface area contributed by atoms with Crippen molar-refractivity contribution < 1.29 is 17.9 Å². The minimum absolute atomic E-state index is 0.126. The van der Waals surface area contributed by atoms with E-state index in [0.717, 1.165) is 0 Å². The van der Waals surface area contributed by atoms with Gasteiger partial charge in [-0.3, -0.25) is 0 Å². The van der Waals surface area contributed by atoms with Crippen LogP contribution in [0.25, 0.3) is 22.6 Å². The van der Waals surface area contributed by atoms with E-state index in [1.54, 1.807) is 23.7 Å². The number of nitrogens with zero attached hydrogens (tertiary/aromatic N) is 5. The minimum atomic E-state index is -4.70. The Kier molecular flexibility index (Phi) is 4.60. The number of hydrogen-bond acceptors (Lipinski definition) is 7. The van der Waals surface area contributed by atoms with Crippen LogP contribution in [0.3, 0.4) is 0 Å². The molecule has 2 aromatic heterocycles. The Hall–Kier alpha value is -3.37. The van der Waals surface area contributed by atoms with E-state index >= 15 is 0 Å². The Morgan fingerprint density at radius 3 is 2.52 bits per heavy atom. The van der Waals surface area contributed by atoms with Gasteiger partial charge in [0.1, 0.15) is 23.5 Å². The number of nitrogens with two attached hydrogens (primary N) is 1. The van der Waals surface area contributed by atoms with Crippen LogP contribution in [-0.2, 0) is 13.2 Å². The number of halogens is 3. The molecular weight excluding hydrogens is 363 g/mol. The standard InChI is InChI=1S/C16H16F3N7O/c1-21-13-11(16(17,18)19)12(23-15(20)24-13)9-5-4-8(6-10(9)27-3)14-25-22-7-26(14)2/h4-7H,1-3H3,(H3,20,21,23,24). The number of nitrogens with one attached hydrogen (secondary N) is 1. The average Bonchev–Trinajstić information content (AvgIpc) is 3.05. The molecule has 0 spiro atoms. The fourth-order valence-corrected chi connectivity index (χ4v) is 2.69. The van der Waals surface area contributed by atoms with Crippen LogP contribution in [-0.4, -0.2) is 38.9 Å². The van der Waals surface area contributed by atoms with Crippen LogP contribution in [0.1, 0.15) is 5.56 Å². The molecule has 0 saturated heterocycles. The number of aromatic nitrogens is 5. The quantitative estimate of drug-likeness (QED) is 0.718. The molecule has 3 N–H and O–H groups in total. The van der Waals surface area contributed by atoms with Gasteiger partial charge in [0.2, 0.25) is 5.95 Å². The molecule has 142 valence electrons. The fourth-order valence-electron chi connectivity index (χ4n) is 2.69. The number of ether oxygens (including phenoxy) is 1. The van der Waals surface area contributed by atoms with E-state index in [1.807, 2.05) is 0 Å². The van der Waals surface area contributed by atoms with Crippen molar-refractivity contribution in [2.24, 2.45) is 7.05 Å². The van der Waals surface area contributed by atoms with Gasteiger partial charge in [-0.25, -0.2) is 4.98 Å². The van der Waals surface area contributed by atoms with Gasteiger partial charge in [-0.1, -0.05) is 6.07 Å². The number of methoxy groups -OCH3 is 1. The van der Waals surface area contributed by atoms with Crippen molar-refractivity contribution in [3.8, 4) is 28.4 Å². The first-order valence-corrected chi connectivity index (χ1v) is 7.71. The monoisotopic (exact) mass is 379 g/mol. The summed E-state index contributed by atoms with van der Waals surface area (Å²) in [7, 11) is 4.44. The van der Waals surface area contributed by atoms with Gasteiger partial charge in [0.25, 0.3) is 0 Å². The summed E-state index contributed by atoms with van der Waals surface area (Å²) < 4.78 is 48.0. The second kappa shape index (κ2) is 6.74. The van der Waals surface area contributed by atoms with Crippen LogP contribution in [0.5, 0.6) is 5.75 Å². The first-order valence-electron chi connectivity index (χ1n) is 7.71. The molecule has 0 fully saturated rings. The Bertz CT molecular complexity index is 985. The number of aryl methyl sites for hydroxylation is 1. The highest BCUT2D eigenvalue weighted by molar-refractivity contribution is 5.78. The smallest absolute Gasteiger partial charge is 0.422 e. The zero-order valence-corrected chi connectivity index (χ0v) is 14.7. The molecule has 0 aliphatic heterocycles. The highest BCUT2D eigenvalue weighted by Crippen LogP contribution is 2.43. The van der Waals surface area contributed by atoms with Crippen molar-refractivity contribution in [2.45, 2.75) is 6.18 Å². The lowest BCUT2D eigenvalue weighted by atomic mass is 10.0. The van der Waals surface area contributed by atoms with Crippen LogP contribution >= 0.6 is 0 Å². The van der Waals surface area contributed by atoms with E-state index in [0.29, 0.717) is 11.4 Å². The molecule has 0 atom stereocenters. The lowest BCUT2D eigenvalue weighted by Crippen LogP contribution is -2.15. The molecule has 0 bridgehead atoms. The van der Waals surface area contributed by atoms with Gasteiger partial charge in [-0.2, -0.15) is 18.2 Å². The van der Waals surface area contributed by atoms with Crippen LogP contribution in [0, 0.1) is 0 Å². The molecule has 3 aromatic rings. The Morgan fingerprint density at radius 2 is 1.96 bits per heavy atom. The highest BCUT2D eigenvalue weighted by atomic mass is 19.4. The van der Waals surface area contributed by atoms with E-state index < -0.39 is 17.6 Å². The van der Waals surface area contributed by atoms with Gasteiger partial charge in [-0.05, 0) is 12.1 Å². The summed E-state index contributed by atoms with van der Waals surface area (Å²) in [5.41, 5.74) is 4.96. The first-order chi connectivity index (χ1) is 12.8. The van der Waals surface area contributed by atoms with Gasteiger partial charge >= 0.3 is 6.18 Å². The van der Waals surface area contributed by atoms with Gasteiger partial charge in [-0.15, -0.1) is 10.2 Å². The van der Waals surface area contributed by atoms with Crippen LogP contribution in [0.2, 0.25) is 0 Å². The molecule has 8 nitrogen and oxygen atoms in total. The summed E-state index contributed by atoms with van der Waals surface area (Å²) in [5.74, 6) is 0.0152.